The topological polar surface area (TPSA) is 118 Å². The molecule has 2 aliphatic heterocycles. The first-order chi connectivity index (χ1) is 21.3. The van der Waals surface area contributed by atoms with Gasteiger partial charge in [-0.15, -0.1) is 0 Å². The zero-order valence-electron chi connectivity index (χ0n) is 27.3. The molecule has 5 unspecified atom stereocenters. The van der Waals surface area contributed by atoms with Crippen LogP contribution in [0.5, 0.6) is 5.75 Å². The van der Waals surface area contributed by atoms with Crippen molar-refractivity contribution in [3.05, 3.63) is 66.2 Å². The molecule has 0 saturated carbocycles. The minimum absolute atomic E-state index is 0.0789. The summed E-state index contributed by atoms with van der Waals surface area (Å²) in [7, 11) is 1.49. The number of benzene rings is 2. The number of hydrogen-bond donors (Lipinski definition) is 1. The maximum atomic E-state index is 14.2. The molecule has 45 heavy (non-hydrogen) atoms. The molecule has 0 bridgehead atoms. The number of carbonyl (C=O) groups excluding carboxylic acids is 4. The fourth-order valence-corrected chi connectivity index (χ4v) is 5.71. The van der Waals surface area contributed by atoms with Gasteiger partial charge in [0.05, 0.1) is 18.6 Å². The van der Waals surface area contributed by atoms with Crippen LogP contribution < -0.4 is 10.1 Å². The number of ether oxygens (including phenoxy) is 3. The van der Waals surface area contributed by atoms with E-state index in [0.29, 0.717) is 18.7 Å². The van der Waals surface area contributed by atoms with Gasteiger partial charge in [-0.05, 0) is 57.7 Å². The summed E-state index contributed by atoms with van der Waals surface area (Å²) >= 11 is 0. The highest BCUT2D eigenvalue weighted by Crippen LogP contribution is 2.36. The second-order valence-electron chi connectivity index (χ2n) is 13.0. The highest BCUT2D eigenvalue weighted by atomic mass is 16.6. The predicted octanol–water partition coefficient (Wildman–Crippen LogP) is 4.45. The summed E-state index contributed by atoms with van der Waals surface area (Å²) in [5, 5.41) is 2.89. The van der Waals surface area contributed by atoms with E-state index in [1.54, 1.807) is 16.7 Å². The Morgan fingerprint density at radius 2 is 1.58 bits per heavy atom. The second-order valence-corrected chi connectivity index (χ2v) is 13.0. The molecule has 11 nitrogen and oxygen atoms in total. The number of likely N-dealkylation sites (N-methyl/N-ethyl adjacent to an activating group) is 1. The Kier molecular flexibility index (Phi) is 10.6. The van der Waals surface area contributed by atoms with Gasteiger partial charge in [-0.2, -0.15) is 0 Å². The Bertz CT molecular complexity index is 1330. The van der Waals surface area contributed by atoms with Crippen LogP contribution in [0.4, 0.5) is 9.59 Å². The SMILES string of the molecule is CC(C)C(NC(=O)C(C)N(C)C(=O)OCc1ccccc1)C(=O)N1CCC2C1C(Oc1ccccc1)CN2C(=O)OC(C)(C)C. The lowest BCUT2D eigenvalue weighted by molar-refractivity contribution is -0.140. The van der Waals surface area contributed by atoms with Crippen molar-refractivity contribution in [2.75, 3.05) is 20.1 Å². The lowest BCUT2D eigenvalue weighted by Gasteiger charge is -2.34. The highest BCUT2D eigenvalue weighted by molar-refractivity contribution is 5.91. The van der Waals surface area contributed by atoms with Crippen LogP contribution in [0, 0.1) is 5.92 Å². The zero-order valence-corrected chi connectivity index (χ0v) is 27.3. The summed E-state index contributed by atoms with van der Waals surface area (Å²) in [6.07, 6.45) is -1.04. The molecular weight excluding hydrogens is 576 g/mol. The van der Waals surface area contributed by atoms with Gasteiger partial charge < -0.3 is 24.4 Å². The Morgan fingerprint density at radius 1 is 0.956 bits per heavy atom. The molecule has 2 heterocycles. The van der Waals surface area contributed by atoms with Crippen molar-refractivity contribution in [1.29, 1.82) is 0 Å². The molecule has 2 saturated heterocycles. The fraction of sp³-hybridized carbons (Fsp3) is 0.529. The van der Waals surface area contributed by atoms with Gasteiger partial charge in [0.2, 0.25) is 11.8 Å². The number of rotatable bonds is 9. The maximum Gasteiger partial charge on any atom is 0.410 e. The van der Waals surface area contributed by atoms with E-state index in [0.717, 1.165) is 5.56 Å². The first-order valence-corrected chi connectivity index (χ1v) is 15.5. The number of hydrogen-bond acceptors (Lipinski definition) is 7. The third-order valence-electron chi connectivity index (χ3n) is 8.20. The van der Waals surface area contributed by atoms with Crippen LogP contribution in [0.2, 0.25) is 0 Å². The number of carbonyl (C=O) groups is 4. The Morgan fingerprint density at radius 3 is 2.18 bits per heavy atom. The summed E-state index contributed by atoms with van der Waals surface area (Å²) in [5.41, 5.74) is 0.154. The van der Waals surface area contributed by atoms with Gasteiger partial charge in [-0.1, -0.05) is 62.4 Å². The lowest BCUT2D eigenvalue weighted by atomic mass is 10.0. The molecule has 2 aromatic carbocycles. The van der Waals surface area contributed by atoms with E-state index in [1.165, 1.54) is 11.9 Å². The van der Waals surface area contributed by atoms with Gasteiger partial charge in [0.15, 0.2) is 0 Å². The van der Waals surface area contributed by atoms with E-state index >= 15 is 0 Å². The van der Waals surface area contributed by atoms with Crippen LogP contribution in [0.15, 0.2) is 60.7 Å². The smallest absolute Gasteiger partial charge is 0.410 e. The number of amides is 4. The van der Waals surface area contributed by atoms with Crippen molar-refractivity contribution in [1.82, 2.24) is 20.0 Å². The molecule has 2 fully saturated rings. The van der Waals surface area contributed by atoms with Crippen molar-refractivity contribution >= 4 is 24.0 Å². The Hall–Kier alpha value is -4.28. The van der Waals surface area contributed by atoms with Crippen molar-refractivity contribution in [3.63, 3.8) is 0 Å². The van der Waals surface area contributed by atoms with E-state index < -0.39 is 47.9 Å². The van der Waals surface area contributed by atoms with Crippen molar-refractivity contribution in [2.24, 2.45) is 5.92 Å². The maximum absolute atomic E-state index is 14.2. The summed E-state index contributed by atoms with van der Waals surface area (Å²) in [6.45, 7) is 11.5. The van der Waals surface area contributed by atoms with Crippen molar-refractivity contribution in [3.8, 4) is 5.75 Å². The van der Waals surface area contributed by atoms with Gasteiger partial charge in [0, 0.05) is 13.6 Å². The Balaban J connectivity index is 1.47. The van der Waals surface area contributed by atoms with Gasteiger partial charge in [0.25, 0.3) is 0 Å². The first-order valence-electron chi connectivity index (χ1n) is 15.5. The molecular formula is C34H46N4O7. The minimum atomic E-state index is -0.892. The first kappa shape index (κ1) is 33.6. The minimum Gasteiger partial charge on any atom is -0.486 e. The summed E-state index contributed by atoms with van der Waals surface area (Å²) in [6, 6.07) is 16.1. The zero-order chi connectivity index (χ0) is 32.9. The van der Waals surface area contributed by atoms with Crippen LogP contribution in [-0.4, -0.2) is 94.7 Å². The van der Waals surface area contributed by atoms with E-state index in [2.05, 4.69) is 5.32 Å². The van der Waals surface area contributed by atoms with Crippen LogP contribution in [0.1, 0.15) is 53.5 Å². The molecule has 0 radical (unpaired) electrons. The average molecular weight is 623 g/mol. The molecule has 4 rings (SSSR count). The molecule has 2 aliphatic rings. The Labute approximate surface area is 265 Å². The van der Waals surface area contributed by atoms with Crippen molar-refractivity contribution in [2.45, 2.75) is 90.4 Å². The molecule has 1 N–H and O–H groups in total. The van der Waals surface area contributed by atoms with Crippen LogP contribution in [0.25, 0.3) is 0 Å². The van der Waals surface area contributed by atoms with E-state index in [1.807, 2.05) is 95.3 Å². The molecule has 5 atom stereocenters. The molecule has 11 heteroatoms. The molecule has 2 aromatic rings. The normalized spacial score (nSPS) is 20.7. The monoisotopic (exact) mass is 622 g/mol. The summed E-state index contributed by atoms with van der Waals surface area (Å²) in [5.74, 6) is -0.355. The number of likely N-dealkylation sites (tertiary alicyclic amines) is 2. The standard InChI is InChI=1S/C34H46N4O7/c1-22(2)28(35-30(39)23(3)36(7)32(41)43-21-24-14-10-8-11-15-24)31(40)37-19-18-26-29(37)27(44-25-16-12-9-13-17-25)20-38(26)33(42)45-34(4,5)6/h8-17,22-23,26-29H,18-21H2,1-7H3,(H,35,39). The predicted molar refractivity (Wildman–Crippen MR) is 168 cm³/mol. The second kappa shape index (κ2) is 14.2. The van der Waals surface area contributed by atoms with Gasteiger partial charge >= 0.3 is 12.2 Å². The van der Waals surface area contributed by atoms with Gasteiger partial charge in [-0.3, -0.25) is 19.4 Å². The average Bonchev–Trinajstić information content (AvgIpc) is 3.59. The van der Waals surface area contributed by atoms with Gasteiger partial charge in [0.1, 0.15) is 36.1 Å². The van der Waals surface area contributed by atoms with E-state index in [4.69, 9.17) is 14.2 Å². The number of para-hydroxylation sites is 1. The van der Waals surface area contributed by atoms with E-state index in [-0.39, 0.29) is 31.0 Å². The largest absolute Gasteiger partial charge is 0.486 e. The van der Waals surface area contributed by atoms with Crippen LogP contribution in [-0.2, 0) is 25.7 Å². The number of nitrogens with zero attached hydrogens (tertiary/aromatic N) is 3. The third kappa shape index (κ3) is 8.26. The van der Waals surface area contributed by atoms with E-state index in [9.17, 15) is 19.2 Å². The summed E-state index contributed by atoms with van der Waals surface area (Å²) < 4.78 is 17.5. The molecule has 0 spiro atoms. The van der Waals surface area contributed by atoms with Gasteiger partial charge in [-0.25, -0.2) is 9.59 Å². The fourth-order valence-electron chi connectivity index (χ4n) is 5.71. The highest BCUT2D eigenvalue weighted by Gasteiger charge is 2.55. The molecule has 0 aromatic heterocycles. The van der Waals surface area contributed by atoms with Crippen LogP contribution >= 0.6 is 0 Å². The molecule has 244 valence electrons. The molecule has 0 aliphatic carbocycles. The lowest BCUT2D eigenvalue weighted by Crippen LogP contribution is -2.58. The third-order valence-corrected chi connectivity index (χ3v) is 8.20. The summed E-state index contributed by atoms with van der Waals surface area (Å²) in [4.78, 5) is 58.1. The molecule has 4 amide bonds. The van der Waals surface area contributed by atoms with Crippen molar-refractivity contribution < 1.29 is 33.4 Å². The number of fused-ring (bicyclic) bond motifs is 1. The van der Waals surface area contributed by atoms with Crippen LogP contribution in [0.3, 0.4) is 0 Å². The quantitative estimate of drug-likeness (QED) is 0.439. The number of nitrogens with one attached hydrogen (secondary N) is 1.